The molecule has 25 heavy (non-hydrogen) atoms. The lowest BCUT2D eigenvalue weighted by molar-refractivity contribution is 0.0553. The second-order valence-corrected chi connectivity index (χ2v) is 6.72. The van der Waals surface area contributed by atoms with Crippen LogP contribution in [0.2, 0.25) is 0 Å². The lowest BCUT2D eigenvalue weighted by atomic mass is 9.98. The van der Waals surface area contributed by atoms with Gasteiger partial charge in [-0.3, -0.25) is 4.79 Å². The molecule has 1 atom stereocenters. The smallest absolute Gasteiger partial charge is 0.267 e. The van der Waals surface area contributed by atoms with Crippen molar-refractivity contribution in [1.29, 1.82) is 0 Å². The molecule has 0 aliphatic heterocycles. The first kappa shape index (κ1) is 15.7. The highest BCUT2D eigenvalue weighted by Gasteiger charge is 2.36. The van der Waals surface area contributed by atoms with Gasteiger partial charge < -0.3 is 19.8 Å². The van der Waals surface area contributed by atoms with Gasteiger partial charge in [-0.1, -0.05) is 24.3 Å². The summed E-state index contributed by atoms with van der Waals surface area (Å²) in [6.07, 6.45) is 1.51. The number of aromatic nitrogens is 1. The van der Waals surface area contributed by atoms with E-state index in [-0.39, 0.29) is 12.5 Å². The van der Waals surface area contributed by atoms with Crippen molar-refractivity contribution in [1.82, 2.24) is 10.3 Å². The Morgan fingerprint density at radius 2 is 2.08 bits per heavy atom. The number of aromatic amines is 1. The Labute approximate surface area is 147 Å². The van der Waals surface area contributed by atoms with Crippen molar-refractivity contribution in [2.24, 2.45) is 0 Å². The first-order valence-electron chi connectivity index (χ1n) is 7.83. The van der Waals surface area contributed by atoms with Crippen LogP contribution in [0.1, 0.15) is 21.1 Å². The molecule has 5 nitrogen and oxygen atoms in total. The summed E-state index contributed by atoms with van der Waals surface area (Å²) in [6, 6.07) is 16.6. The van der Waals surface area contributed by atoms with E-state index in [2.05, 4.69) is 10.3 Å². The third kappa shape index (κ3) is 2.86. The van der Waals surface area contributed by atoms with Gasteiger partial charge in [0.1, 0.15) is 11.5 Å². The molecule has 1 aromatic carbocycles. The summed E-state index contributed by atoms with van der Waals surface area (Å²) in [4.78, 5) is 16.3. The monoisotopic (exact) mass is 352 g/mol. The van der Waals surface area contributed by atoms with Gasteiger partial charge in [0.15, 0.2) is 5.60 Å². The van der Waals surface area contributed by atoms with E-state index in [0.717, 1.165) is 10.9 Å². The summed E-state index contributed by atoms with van der Waals surface area (Å²) in [7, 11) is 0. The fourth-order valence-electron chi connectivity index (χ4n) is 2.82. The van der Waals surface area contributed by atoms with E-state index in [0.29, 0.717) is 16.3 Å². The number of carbonyl (C=O) groups is 1. The summed E-state index contributed by atoms with van der Waals surface area (Å²) in [6.45, 7) is 0.00915. The Kier molecular flexibility index (Phi) is 3.91. The van der Waals surface area contributed by atoms with Crippen molar-refractivity contribution in [3.8, 4) is 0 Å². The lowest BCUT2D eigenvalue weighted by Crippen LogP contribution is -2.41. The van der Waals surface area contributed by atoms with Gasteiger partial charge in [-0.2, -0.15) is 0 Å². The van der Waals surface area contributed by atoms with Gasteiger partial charge in [0, 0.05) is 15.8 Å². The standard InChI is InChI=1S/C19H16N2O3S/c22-18(15-11-13-5-1-2-6-14(13)21-15)20-12-19(23,16-7-3-9-24-16)17-8-4-10-25-17/h1-11,21,23H,12H2,(H,20,22). The van der Waals surface area contributed by atoms with Crippen LogP contribution in [0, 0.1) is 0 Å². The van der Waals surface area contributed by atoms with Gasteiger partial charge in [-0.05, 0) is 35.7 Å². The predicted octanol–water partition coefficient (Wildman–Crippen LogP) is 3.49. The van der Waals surface area contributed by atoms with Crippen LogP contribution in [0.25, 0.3) is 10.9 Å². The minimum absolute atomic E-state index is 0.00915. The van der Waals surface area contributed by atoms with Gasteiger partial charge in [-0.15, -0.1) is 11.3 Å². The van der Waals surface area contributed by atoms with Crippen LogP contribution in [0.5, 0.6) is 0 Å². The maximum Gasteiger partial charge on any atom is 0.267 e. The topological polar surface area (TPSA) is 78.3 Å². The molecule has 4 aromatic rings. The zero-order valence-electron chi connectivity index (χ0n) is 13.2. The molecule has 0 radical (unpaired) electrons. The SMILES string of the molecule is O=C(NCC(O)(c1ccco1)c1cccs1)c1cc2ccccc2[nH]1. The van der Waals surface area contributed by atoms with Gasteiger partial charge in [0.2, 0.25) is 0 Å². The summed E-state index contributed by atoms with van der Waals surface area (Å²) in [5.74, 6) is 0.115. The normalized spacial score (nSPS) is 13.6. The summed E-state index contributed by atoms with van der Waals surface area (Å²) in [5.41, 5.74) is -0.0549. The van der Waals surface area contributed by atoms with E-state index in [1.165, 1.54) is 17.6 Å². The Morgan fingerprint density at radius 3 is 2.80 bits per heavy atom. The average Bonchev–Trinajstić information content (AvgIpc) is 3.40. The Balaban J connectivity index is 1.58. The van der Waals surface area contributed by atoms with Crippen LogP contribution in [0.15, 0.2) is 70.7 Å². The van der Waals surface area contributed by atoms with Crippen molar-refractivity contribution in [2.75, 3.05) is 6.54 Å². The third-order valence-electron chi connectivity index (χ3n) is 4.14. The van der Waals surface area contributed by atoms with E-state index in [4.69, 9.17) is 4.42 Å². The number of hydrogen-bond donors (Lipinski definition) is 3. The molecule has 1 unspecified atom stereocenters. The summed E-state index contributed by atoms with van der Waals surface area (Å²) in [5, 5.41) is 16.8. The molecule has 0 bridgehead atoms. The van der Waals surface area contributed by atoms with Crippen molar-refractivity contribution < 1.29 is 14.3 Å². The third-order valence-corrected chi connectivity index (χ3v) is 5.16. The molecule has 0 fully saturated rings. The van der Waals surface area contributed by atoms with Gasteiger partial charge in [0.25, 0.3) is 5.91 Å². The fraction of sp³-hybridized carbons (Fsp3) is 0.105. The molecule has 6 heteroatoms. The minimum atomic E-state index is -1.40. The van der Waals surface area contributed by atoms with Gasteiger partial charge in [0.05, 0.1) is 12.8 Å². The predicted molar refractivity (Wildman–Crippen MR) is 96.7 cm³/mol. The van der Waals surface area contributed by atoms with E-state index in [1.807, 2.05) is 41.8 Å². The number of aliphatic hydroxyl groups is 1. The van der Waals surface area contributed by atoms with E-state index in [1.54, 1.807) is 18.2 Å². The van der Waals surface area contributed by atoms with Crippen LogP contribution in [-0.2, 0) is 5.60 Å². The highest BCUT2D eigenvalue weighted by Crippen LogP contribution is 2.32. The Hall–Kier alpha value is -2.83. The average molecular weight is 352 g/mol. The first-order chi connectivity index (χ1) is 12.2. The minimum Gasteiger partial charge on any atom is -0.466 e. The number of benzene rings is 1. The van der Waals surface area contributed by atoms with Gasteiger partial charge in [-0.25, -0.2) is 0 Å². The molecule has 0 aliphatic rings. The molecule has 3 heterocycles. The molecule has 0 saturated heterocycles. The number of carbonyl (C=O) groups excluding carboxylic acids is 1. The molecule has 0 spiro atoms. The number of hydrogen-bond acceptors (Lipinski definition) is 4. The van der Waals surface area contributed by atoms with Crippen molar-refractivity contribution in [2.45, 2.75) is 5.60 Å². The van der Waals surface area contributed by atoms with Crippen LogP contribution >= 0.6 is 11.3 Å². The number of furan rings is 1. The first-order valence-corrected chi connectivity index (χ1v) is 8.71. The van der Waals surface area contributed by atoms with Gasteiger partial charge >= 0.3 is 0 Å². The molecule has 4 rings (SSSR count). The maximum atomic E-state index is 12.5. The number of fused-ring (bicyclic) bond motifs is 1. The number of H-pyrrole nitrogens is 1. The quantitative estimate of drug-likeness (QED) is 0.514. The molecule has 0 saturated carbocycles. The molecular weight excluding hydrogens is 336 g/mol. The second kappa shape index (κ2) is 6.23. The maximum absolute atomic E-state index is 12.5. The zero-order valence-corrected chi connectivity index (χ0v) is 14.0. The van der Waals surface area contributed by atoms with Crippen LogP contribution in [0.4, 0.5) is 0 Å². The highest BCUT2D eigenvalue weighted by molar-refractivity contribution is 7.10. The summed E-state index contributed by atoms with van der Waals surface area (Å²) < 4.78 is 5.41. The molecule has 3 aromatic heterocycles. The molecular formula is C19H16N2O3S. The second-order valence-electron chi connectivity index (χ2n) is 5.77. The van der Waals surface area contributed by atoms with Crippen LogP contribution < -0.4 is 5.32 Å². The summed E-state index contributed by atoms with van der Waals surface area (Å²) >= 11 is 1.41. The van der Waals surface area contributed by atoms with E-state index < -0.39 is 5.60 Å². The van der Waals surface area contributed by atoms with Crippen molar-refractivity contribution in [3.05, 3.63) is 82.6 Å². The number of para-hydroxylation sites is 1. The van der Waals surface area contributed by atoms with E-state index >= 15 is 0 Å². The zero-order chi connectivity index (χ0) is 17.3. The van der Waals surface area contributed by atoms with E-state index in [9.17, 15) is 9.90 Å². The van der Waals surface area contributed by atoms with Crippen LogP contribution in [-0.4, -0.2) is 22.5 Å². The largest absolute Gasteiger partial charge is 0.466 e. The number of amides is 1. The molecule has 3 N–H and O–H groups in total. The highest BCUT2D eigenvalue weighted by atomic mass is 32.1. The lowest BCUT2D eigenvalue weighted by Gasteiger charge is -2.25. The number of thiophene rings is 1. The molecule has 126 valence electrons. The molecule has 1 amide bonds. The fourth-order valence-corrected chi connectivity index (χ4v) is 3.65. The Morgan fingerprint density at radius 1 is 1.20 bits per heavy atom. The van der Waals surface area contributed by atoms with Crippen molar-refractivity contribution in [3.63, 3.8) is 0 Å². The Bertz CT molecular complexity index is 920. The van der Waals surface area contributed by atoms with Crippen LogP contribution in [0.3, 0.4) is 0 Å². The van der Waals surface area contributed by atoms with Crippen molar-refractivity contribution >= 4 is 28.1 Å². The number of nitrogens with one attached hydrogen (secondary N) is 2. The number of rotatable bonds is 5. The molecule has 0 aliphatic carbocycles.